The Morgan fingerprint density at radius 2 is 1.89 bits per heavy atom. The normalized spacial score (nSPS) is 23.0. The van der Waals surface area contributed by atoms with E-state index in [2.05, 4.69) is 54.7 Å². The summed E-state index contributed by atoms with van der Waals surface area (Å²) in [5.41, 5.74) is 1.53. The van der Waals surface area contributed by atoms with Crippen molar-refractivity contribution in [1.82, 2.24) is 5.32 Å². The summed E-state index contributed by atoms with van der Waals surface area (Å²) in [5.74, 6) is 0.749. The van der Waals surface area contributed by atoms with Gasteiger partial charge in [0.1, 0.15) is 0 Å². The molecule has 1 N–H and O–H groups in total. The molecule has 1 heteroatoms. The molecule has 2 unspecified atom stereocenters. The molecular weight excluding hydrogens is 230 g/mol. The third kappa shape index (κ3) is 2.82. The molecule has 0 spiro atoms. The van der Waals surface area contributed by atoms with Gasteiger partial charge in [0.25, 0.3) is 0 Å². The minimum Gasteiger partial charge on any atom is -0.314 e. The molecule has 0 heterocycles. The SMILES string of the molecule is CCCNC1CCC(c2ccc3ccccc3c2)C1. The maximum atomic E-state index is 3.67. The van der Waals surface area contributed by atoms with Gasteiger partial charge in [-0.2, -0.15) is 0 Å². The summed E-state index contributed by atoms with van der Waals surface area (Å²) in [4.78, 5) is 0. The Bertz CT molecular complexity index is 546. The van der Waals surface area contributed by atoms with E-state index in [4.69, 9.17) is 0 Å². The van der Waals surface area contributed by atoms with Crippen LogP contribution in [0.1, 0.15) is 44.1 Å². The Morgan fingerprint density at radius 3 is 2.74 bits per heavy atom. The highest BCUT2D eigenvalue weighted by molar-refractivity contribution is 5.83. The van der Waals surface area contributed by atoms with Gasteiger partial charge < -0.3 is 5.32 Å². The van der Waals surface area contributed by atoms with Crippen LogP contribution in [-0.4, -0.2) is 12.6 Å². The molecule has 1 aliphatic rings. The van der Waals surface area contributed by atoms with Gasteiger partial charge in [0.05, 0.1) is 0 Å². The molecule has 0 bridgehead atoms. The molecule has 0 saturated heterocycles. The summed E-state index contributed by atoms with van der Waals surface area (Å²) in [6, 6.07) is 16.4. The van der Waals surface area contributed by atoms with Crippen LogP contribution in [-0.2, 0) is 0 Å². The van der Waals surface area contributed by atoms with Crippen molar-refractivity contribution in [2.75, 3.05) is 6.54 Å². The molecule has 1 fully saturated rings. The molecule has 0 aliphatic heterocycles. The first-order valence-electron chi connectivity index (χ1n) is 7.59. The minimum absolute atomic E-state index is 0.733. The number of fused-ring (bicyclic) bond motifs is 1. The molecule has 1 nitrogen and oxygen atoms in total. The lowest BCUT2D eigenvalue weighted by molar-refractivity contribution is 0.517. The zero-order valence-corrected chi connectivity index (χ0v) is 11.7. The van der Waals surface area contributed by atoms with E-state index in [1.807, 2.05) is 0 Å². The fourth-order valence-electron chi connectivity index (χ4n) is 3.28. The maximum Gasteiger partial charge on any atom is 0.00730 e. The Hall–Kier alpha value is -1.34. The molecule has 2 aromatic carbocycles. The van der Waals surface area contributed by atoms with Crippen LogP contribution in [0.3, 0.4) is 0 Å². The van der Waals surface area contributed by atoms with Gasteiger partial charge in [-0.15, -0.1) is 0 Å². The molecule has 19 heavy (non-hydrogen) atoms. The maximum absolute atomic E-state index is 3.67. The molecule has 2 atom stereocenters. The van der Waals surface area contributed by atoms with Crippen LogP contribution in [0.15, 0.2) is 42.5 Å². The van der Waals surface area contributed by atoms with Crippen molar-refractivity contribution in [2.24, 2.45) is 0 Å². The van der Waals surface area contributed by atoms with Crippen molar-refractivity contribution in [2.45, 2.75) is 44.6 Å². The lowest BCUT2D eigenvalue weighted by atomic mass is 9.95. The van der Waals surface area contributed by atoms with Crippen LogP contribution in [0.2, 0.25) is 0 Å². The minimum atomic E-state index is 0.733. The molecule has 0 radical (unpaired) electrons. The fourth-order valence-corrected chi connectivity index (χ4v) is 3.28. The lowest BCUT2D eigenvalue weighted by Crippen LogP contribution is -2.26. The predicted molar refractivity (Wildman–Crippen MR) is 82.6 cm³/mol. The monoisotopic (exact) mass is 253 g/mol. The molecule has 3 rings (SSSR count). The van der Waals surface area contributed by atoms with Gasteiger partial charge in [-0.05, 0) is 54.5 Å². The Balaban J connectivity index is 1.74. The van der Waals surface area contributed by atoms with Gasteiger partial charge in [0.15, 0.2) is 0 Å². The first-order chi connectivity index (χ1) is 9.36. The predicted octanol–water partition coefficient (Wildman–Crippen LogP) is 4.48. The standard InChI is InChI=1S/C18H23N/c1-2-11-19-18-10-9-17(13-18)16-8-7-14-5-3-4-6-15(14)12-16/h3-8,12,17-19H,2,9-11,13H2,1H3. The van der Waals surface area contributed by atoms with Gasteiger partial charge >= 0.3 is 0 Å². The van der Waals surface area contributed by atoms with Crippen LogP contribution in [0, 0.1) is 0 Å². The Morgan fingerprint density at radius 1 is 1.05 bits per heavy atom. The summed E-state index contributed by atoms with van der Waals surface area (Å²) in [5, 5.41) is 6.40. The van der Waals surface area contributed by atoms with E-state index < -0.39 is 0 Å². The van der Waals surface area contributed by atoms with Crippen molar-refractivity contribution >= 4 is 10.8 Å². The van der Waals surface area contributed by atoms with E-state index in [0.29, 0.717) is 0 Å². The van der Waals surface area contributed by atoms with E-state index in [-0.39, 0.29) is 0 Å². The van der Waals surface area contributed by atoms with Gasteiger partial charge in [0.2, 0.25) is 0 Å². The highest BCUT2D eigenvalue weighted by Gasteiger charge is 2.25. The molecule has 100 valence electrons. The second-order valence-corrected chi connectivity index (χ2v) is 5.77. The first-order valence-corrected chi connectivity index (χ1v) is 7.59. The highest BCUT2D eigenvalue weighted by atomic mass is 14.9. The third-order valence-corrected chi connectivity index (χ3v) is 4.36. The van der Waals surface area contributed by atoms with E-state index in [0.717, 1.165) is 18.5 Å². The second kappa shape index (κ2) is 5.75. The topological polar surface area (TPSA) is 12.0 Å². The molecule has 2 aromatic rings. The summed E-state index contributed by atoms with van der Waals surface area (Å²) >= 11 is 0. The Labute approximate surface area is 116 Å². The number of nitrogens with one attached hydrogen (secondary N) is 1. The van der Waals surface area contributed by atoms with Crippen molar-refractivity contribution < 1.29 is 0 Å². The fraction of sp³-hybridized carbons (Fsp3) is 0.444. The summed E-state index contributed by atoms with van der Waals surface area (Å²) < 4.78 is 0. The number of hydrogen-bond acceptors (Lipinski definition) is 1. The zero-order valence-electron chi connectivity index (χ0n) is 11.7. The van der Waals surface area contributed by atoms with Crippen LogP contribution in [0.25, 0.3) is 10.8 Å². The third-order valence-electron chi connectivity index (χ3n) is 4.36. The quantitative estimate of drug-likeness (QED) is 0.847. The number of hydrogen-bond donors (Lipinski definition) is 1. The Kier molecular flexibility index (Phi) is 3.84. The summed E-state index contributed by atoms with van der Waals surface area (Å²) in [6.45, 7) is 3.40. The largest absolute Gasteiger partial charge is 0.314 e. The molecule has 1 aliphatic carbocycles. The lowest BCUT2D eigenvalue weighted by Gasteiger charge is -2.13. The number of benzene rings is 2. The highest BCUT2D eigenvalue weighted by Crippen LogP contribution is 2.35. The molecule has 0 aromatic heterocycles. The van der Waals surface area contributed by atoms with Crippen molar-refractivity contribution in [3.63, 3.8) is 0 Å². The van der Waals surface area contributed by atoms with Gasteiger partial charge in [-0.25, -0.2) is 0 Å². The van der Waals surface area contributed by atoms with Crippen molar-refractivity contribution in [1.29, 1.82) is 0 Å². The number of rotatable bonds is 4. The molecule has 0 amide bonds. The van der Waals surface area contributed by atoms with Crippen LogP contribution >= 0.6 is 0 Å². The molecular formula is C18H23N. The van der Waals surface area contributed by atoms with Crippen LogP contribution < -0.4 is 5.32 Å². The van der Waals surface area contributed by atoms with E-state index in [9.17, 15) is 0 Å². The summed E-state index contributed by atoms with van der Waals surface area (Å²) in [7, 11) is 0. The van der Waals surface area contributed by atoms with Crippen LogP contribution in [0.4, 0.5) is 0 Å². The molecule has 1 saturated carbocycles. The van der Waals surface area contributed by atoms with Crippen LogP contribution in [0.5, 0.6) is 0 Å². The second-order valence-electron chi connectivity index (χ2n) is 5.77. The average Bonchev–Trinajstić information content (AvgIpc) is 2.93. The summed E-state index contributed by atoms with van der Waals surface area (Å²) in [6.07, 6.45) is 5.20. The van der Waals surface area contributed by atoms with Gasteiger partial charge in [0, 0.05) is 6.04 Å². The first kappa shape index (κ1) is 12.7. The smallest absolute Gasteiger partial charge is 0.00730 e. The van der Waals surface area contributed by atoms with E-state index >= 15 is 0 Å². The average molecular weight is 253 g/mol. The van der Waals surface area contributed by atoms with E-state index in [1.54, 1.807) is 0 Å². The van der Waals surface area contributed by atoms with E-state index in [1.165, 1.54) is 42.0 Å². The van der Waals surface area contributed by atoms with Gasteiger partial charge in [-0.3, -0.25) is 0 Å². The van der Waals surface area contributed by atoms with Crippen molar-refractivity contribution in [3.05, 3.63) is 48.0 Å². The van der Waals surface area contributed by atoms with Crippen molar-refractivity contribution in [3.8, 4) is 0 Å². The zero-order chi connectivity index (χ0) is 13.1. The van der Waals surface area contributed by atoms with Gasteiger partial charge in [-0.1, -0.05) is 49.4 Å².